The summed E-state index contributed by atoms with van der Waals surface area (Å²) >= 11 is 0. The van der Waals surface area contributed by atoms with Crippen molar-refractivity contribution in [2.24, 2.45) is 0 Å². The Morgan fingerprint density at radius 1 is 0.973 bits per heavy atom. The largest absolute Gasteiger partial charge is 0.490 e. The summed E-state index contributed by atoms with van der Waals surface area (Å²) < 4.78 is 75.4. The summed E-state index contributed by atoms with van der Waals surface area (Å²) in [6, 6.07) is 5.84. The average Bonchev–Trinajstić information content (AvgIpc) is 3.01. The highest BCUT2D eigenvalue weighted by Crippen LogP contribution is 2.24. The highest BCUT2D eigenvalue weighted by Gasteiger charge is 2.42. The van der Waals surface area contributed by atoms with Crippen LogP contribution in [0.2, 0.25) is 0 Å². The van der Waals surface area contributed by atoms with Crippen molar-refractivity contribution in [2.75, 3.05) is 46.0 Å². The Kier molecular flexibility index (Phi) is 11.7. The molecule has 1 unspecified atom stereocenters. The fraction of sp³-hybridized carbons (Fsp3) is 0.619. The van der Waals surface area contributed by atoms with Gasteiger partial charge in [0.2, 0.25) is 0 Å². The maximum absolute atomic E-state index is 12.7. The number of pyridine rings is 1. The van der Waals surface area contributed by atoms with Crippen LogP contribution in [0.1, 0.15) is 24.3 Å². The number of carbonyl (C=O) groups is 3. The number of carboxylic acids is 2. The predicted molar refractivity (Wildman–Crippen MR) is 114 cm³/mol. The minimum atomic E-state index is -5.08. The third-order valence-electron chi connectivity index (χ3n) is 5.01. The van der Waals surface area contributed by atoms with Crippen molar-refractivity contribution in [3.05, 3.63) is 30.1 Å². The molecule has 10 nitrogen and oxygen atoms in total. The van der Waals surface area contributed by atoms with Crippen molar-refractivity contribution in [2.45, 2.75) is 37.8 Å². The fourth-order valence-electron chi connectivity index (χ4n) is 3.23. The van der Waals surface area contributed by atoms with Gasteiger partial charge >= 0.3 is 24.3 Å². The molecular weight excluding hydrogens is 520 g/mol. The topological polar surface area (TPSA) is 130 Å². The lowest BCUT2D eigenvalue weighted by molar-refractivity contribution is -0.193. The van der Waals surface area contributed by atoms with Crippen LogP contribution in [0.25, 0.3) is 0 Å². The van der Waals surface area contributed by atoms with Gasteiger partial charge in [0.25, 0.3) is 5.91 Å². The number of nitrogens with zero attached hydrogens (tertiary/aromatic N) is 3. The summed E-state index contributed by atoms with van der Waals surface area (Å²) in [5.41, 5.74) is 0.0449. The monoisotopic (exact) mass is 547 g/mol. The van der Waals surface area contributed by atoms with E-state index in [1.54, 1.807) is 12.3 Å². The van der Waals surface area contributed by atoms with Crippen molar-refractivity contribution in [3.8, 4) is 0 Å². The number of aromatic nitrogens is 1. The van der Waals surface area contributed by atoms with Crippen molar-refractivity contribution >= 4 is 17.8 Å². The minimum Gasteiger partial charge on any atom is -0.475 e. The second-order valence-electron chi connectivity index (χ2n) is 8.20. The number of aliphatic carboxylic acids is 2. The molecule has 1 atom stereocenters. The number of alkyl halides is 6. The van der Waals surface area contributed by atoms with Gasteiger partial charge in [0.1, 0.15) is 11.3 Å². The Bertz CT molecular complexity index is 875. The Morgan fingerprint density at radius 2 is 1.54 bits per heavy atom. The number of hydrogen-bond acceptors (Lipinski definition) is 7. The Hall–Kier alpha value is -2.98. The third-order valence-corrected chi connectivity index (χ3v) is 5.01. The second kappa shape index (κ2) is 13.5. The Labute approximate surface area is 207 Å². The van der Waals surface area contributed by atoms with Crippen molar-refractivity contribution < 1.29 is 60.4 Å². The highest BCUT2D eigenvalue weighted by atomic mass is 19.4. The van der Waals surface area contributed by atoms with Crippen LogP contribution in [0.5, 0.6) is 0 Å². The van der Waals surface area contributed by atoms with Crippen molar-refractivity contribution in [3.63, 3.8) is 0 Å². The van der Waals surface area contributed by atoms with Gasteiger partial charge < -0.3 is 24.6 Å². The van der Waals surface area contributed by atoms with Gasteiger partial charge in [-0.1, -0.05) is 6.07 Å². The lowest BCUT2D eigenvalue weighted by Gasteiger charge is -2.44. The number of morpholine rings is 1. The van der Waals surface area contributed by atoms with Crippen LogP contribution in [0.3, 0.4) is 0 Å². The maximum Gasteiger partial charge on any atom is 0.490 e. The number of ether oxygens (including phenoxy) is 2. The number of carboxylic acid groups (broad SMARTS) is 2. The third kappa shape index (κ3) is 10.9. The highest BCUT2D eigenvalue weighted by molar-refractivity contribution is 5.92. The summed E-state index contributed by atoms with van der Waals surface area (Å²) in [7, 11) is 0. The van der Waals surface area contributed by atoms with Crippen LogP contribution in [0.15, 0.2) is 24.4 Å². The van der Waals surface area contributed by atoms with Gasteiger partial charge in [0, 0.05) is 31.9 Å². The SMILES string of the molecule is CC(C)N1CCOCC2(CN(C(=O)c3ccccn3)CCO2)C1.O=C(O)C(F)(F)F.O=C(O)C(F)(F)F. The van der Waals surface area contributed by atoms with Gasteiger partial charge in [0.15, 0.2) is 0 Å². The van der Waals surface area contributed by atoms with Gasteiger partial charge in [-0.25, -0.2) is 9.59 Å². The zero-order valence-electron chi connectivity index (χ0n) is 19.9. The van der Waals surface area contributed by atoms with E-state index in [-0.39, 0.29) is 5.91 Å². The minimum absolute atomic E-state index is 0.0337. The Morgan fingerprint density at radius 3 is 2.00 bits per heavy atom. The van der Waals surface area contributed by atoms with Gasteiger partial charge in [-0.3, -0.25) is 14.7 Å². The zero-order valence-corrected chi connectivity index (χ0v) is 19.9. The first kappa shape index (κ1) is 32.0. The molecule has 1 spiro atoms. The molecule has 2 fully saturated rings. The molecule has 2 N–H and O–H groups in total. The van der Waals surface area contributed by atoms with Crippen molar-refractivity contribution in [1.82, 2.24) is 14.8 Å². The molecule has 0 bridgehead atoms. The standard InChI is InChI=1S/C17H25N3O3.2C2HF3O2/c1-14(2)19-7-9-22-13-17(11-19)12-20(8-10-23-17)16(21)15-5-3-4-6-18-15;2*3-2(4,5)1(6)7/h3-6,14H,7-13H2,1-2H3;2*(H,6,7). The number of amides is 1. The number of halogens is 6. The van der Waals surface area contributed by atoms with Crippen LogP contribution in [-0.2, 0) is 19.1 Å². The van der Waals surface area contributed by atoms with Gasteiger partial charge in [0.05, 0.1) is 26.4 Å². The van der Waals surface area contributed by atoms with E-state index in [0.29, 0.717) is 44.6 Å². The number of hydrogen-bond donors (Lipinski definition) is 2. The van der Waals surface area contributed by atoms with E-state index in [2.05, 4.69) is 23.7 Å². The van der Waals surface area contributed by atoms with Gasteiger partial charge in [-0.15, -0.1) is 0 Å². The van der Waals surface area contributed by atoms with Crippen LogP contribution in [-0.4, -0.2) is 113 Å². The Balaban J connectivity index is 0.000000404. The molecule has 16 heteroatoms. The van der Waals surface area contributed by atoms with Gasteiger partial charge in [-0.2, -0.15) is 26.3 Å². The fourth-order valence-corrected chi connectivity index (χ4v) is 3.23. The molecule has 0 radical (unpaired) electrons. The van der Waals surface area contributed by atoms with E-state index in [4.69, 9.17) is 29.3 Å². The first-order valence-electron chi connectivity index (χ1n) is 10.7. The van der Waals surface area contributed by atoms with Gasteiger partial charge in [-0.05, 0) is 26.0 Å². The zero-order chi connectivity index (χ0) is 28.4. The molecule has 0 aliphatic carbocycles. The quantitative estimate of drug-likeness (QED) is 0.536. The molecule has 3 rings (SSSR count). The van der Waals surface area contributed by atoms with Crippen LogP contribution >= 0.6 is 0 Å². The molecule has 2 aliphatic heterocycles. The summed E-state index contributed by atoms with van der Waals surface area (Å²) in [6.07, 6.45) is -8.52. The number of carbonyl (C=O) groups excluding carboxylic acids is 1. The first-order valence-corrected chi connectivity index (χ1v) is 10.7. The summed E-state index contributed by atoms with van der Waals surface area (Å²) in [6.45, 7) is 8.96. The lowest BCUT2D eigenvalue weighted by atomic mass is 10.0. The van der Waals surface area contributed by atoms with E-state index >= 15 is 0 Å². The molecule has 2 saturated heterocycles. The van der Waals surface area contributed by atoms with E-state index in [1.165, 1.54) is 0 Å². The molecule has 1 aromatic heterocycles. The second-order valence-corrected chi connectivity index (χ2v) is 8.20. The molecule has 210 valence electrons. The van der Waals surface area contributed by atoms with Crippen molar-refractivity contribution in [1.29, 1.82) is 0 Å². The molecule has 0 saturated carbocycles. The summed E-state index contributed by atoms with van der Waals surface area (Å²) in [5.74, 6) is -5.55. The number of rotatable bonds is 2. The molecule has 1 aromatic rings. The summed E-state index contributed by atoms with van der Waals surface area (Å²) in [5, 5.41) is 14.2. The lowest BCUT2D eigenvalue weighted by Crippen LogP contribution is -2.60. The van der Waals surface area contributed by atoms with E-state index < -0.39 is 29.9 Å². The van der Waals surface area contributed by atoms with E-state index in [9.17, 15) is 31.1 Å². The first-order chi connectivity index (χ1) is 17.0. The predicted octanol–water partition coefficient (Wildman–Crippen LogP) is 2.30. The molecule has 0 aromatic carbocycles. The van der Waals surface area contributed by atoms with Crippen LogP contribution in [0.4, 0.5) is 26.3 Å². The van der Waals surface area contributed by atoms with Crippen LogP contribution < -0.4 is 0 Å². The van der Waals surface area contributed by atoms with E-state index in [0.717, 1.165) is 13.1 Å². The molecular formula is C21H27F6N3O7. The molecule has 1 amide bonds. The average molecular weight is 547 g/mol. The van der Waals surface area contributed by atoms with E-state index in [1.807, 2.05) is 17.0 Å². The summed E-state index contributed by atoms with van der Waals surface area (Å²) in [4.78, 5) is 38.9. The van der Waals surface area contributed by atoms with Crippen LogP contribution in [0, 0.1) is 0 Å². The molecule has 2 aliphatic rings. The molecule has 37 heavy (non-hydrogen) atoms. The molecule has 3 heterocycles. The normalized spacial score (nSPS) is 20.7. The maximum atomic E-state index is 12.7. The smallest absolute Gasteiger partial charge is 0.475 e.